The molecule has 18 heavy (non-hydrogen) atoms. The van der Waals surface area contributed by atoms with E-state index in [4.69, 9.17) is 9.84 Å². The van der Waals surface area contributed by atoms with E-state index >= 15 is 0 Å². The van der Waals surface area contributed by atoms with Crippen molar-refractivity contribution in [1.29, 1.82) is 0 Å². The highest BCUT2D eigenvalue weighted by atomic mass is 32.2. The largest absolute Gasteiger partial charge is 0.394 e. The fourth-order valence-corrected chi connectivity index (χ4v) is 4.01. The number of hydrogen-bond donors (Lipinski definition) is 1. The van der Waals surface area contributed by atoms with Gasteiger partial charge in [-0.3, -0.25) is 4.79 Å². The minimum Gasteiger partial charge on any atom is -0.394 e. The number of aliphatic hydroxyl groups is 1. The smallest absolute Gasteiger partial charge is 0.238 e. The maximum absolute atomic E-state index is 12.5. The normalized spacial score (nSPS) is 29.8. The van der Waals surface area contributed by atoms with Crippen LogP contribution in [0.3, 0.4) is 0 Å². The van der Waals surface area contributed by atoms with Crippen LogP contribution < -0.4 is 0 Å². The van der Waals surface area contributed by atoms with Crippen molar-refractivity contribution in [3.8, 4) is 0 Å². The van der Waals surface area contributed by atoms with Crippen LogP contribution >= 0.6 is 11.8 Å². The van der Waals surface area contributed by atoms with E-state index in [-0.39, 0.29) is 17.5 Å². The van der Waals surface area contributed by atoms with Gasteiger partial charge in [-0.2, -0.15) is 0 Å². The van der Waals surface area contributed by atoms with Gasteiger partial charge in [0.05, 0.1) is 24.1 Å². The molecule has 0 aromatic carbocycles. The Hall–Kier alpha value is -0.260. The molecule has 5 heteroatoms. The van der Waals surface area contributed by atoms with Crippen molar-refractivity contribution in [2.45, 2.75) is 43.5 Å². The minimum absolute atomic E-state index is 0.0772. The molecule has 4 nitrogen and oxygen atoms in total. The summed E-state index contributed by atoms with van der Waals surface area (Å²) in [4.78, 5) is 14.5. The number of carbonyl (C=O) groups excluding carboxylic acids is 1. The first-order valence-corrected chi connectivity index (χ1v) is 7.80. The average molecular weight is 273 g/mol. The van der Waals surface area contributed by atoms with Gasteiger partial charge in [0.1, 0.15) is 0 Å². The molecule has 0 bridgehead atoms. The van der Waals surface area contributed by atoms with E-state index in [9.17, 15) is 4.79 Å². The molecule has 1 amide bonds. The summed E-state index contributed by atoms with van der Waals surface area (Å²) >= 11 is 1.81. The number of piperidine rings is 1. The molecule has 2 saturated heterocycles. The lowest BCUT2D eigenvalue weighted by Gasteiger charge is -2.36. The molecule has 2 heterocycles. The third-order valence-electron chi connectivity index (χ3n) is 3.85. The summed E-state index contributed by atoms with van der Waals surface area (Å²) < 4.78 is 5.34. The van der Waals surface area contributed by atoms with Gasteiger partial charge in [0, 0.05) is 13.1 Å². The summed E-state index contributed by atoms with van der Waals surface area (Å²) in [5.41, 5.74) is 0. The van der Waals surface area contributed by atoms with Crippen LogP contribution in [0.5, 0.6) is 0 Å². The fourth-order valence-electron chi connectivity index (χ4n) is 2.73. The zero-order valence-electron chi connectivity index (χ0n) is 11.1. The maximum Gasteiger partial charge on any atom is 0.238 e. The highest BCUT2D eigenvalue weighted by molar-refractivity contribution is 8.01. The van der Waals surface area contributed by atoms with Gasteiger partial charge in [-0.15, -0.1) is 11.8 Å². The van der Waals surface area contributed by atoms with Gasteiger partial charge < -0.3 is 14.7 Å². The minimum atomic E-state index is -0.182. The van der Waals surface area contributed by atoms with Gasteiger partial charge in [0.2, 0.25) is 5.91 Å². The van der Waals surface area contributed by atoms with Crippen LogP contribution in [0.4, 0.5) is 0 Å². The number of carbonyl (C=O) groups is 1. The summed E-state index contributed by atoms with van der Waals surface area (Å²) in [6, 6.07) is 0. The molecule has 0 aromatic heterocycles. The van der Waals surface area contributed by atoms with Gasteiger partial charge in [0.15, 0.2) is 0 Å². The number of hydrogen-bond acceptors (Lipinski definition) is 4. The van der Waals surface area contributed by atoms with Crippen LogP contribution in [0.2, 0.25) is 0 Å². The van der Waals surface area contributed by atoms with Crippen molar-refractivity contribution >= 4 is 17.7 Å². The number of amides is 1. The molecule has 0 radical (unpaired) electrons. The lowest BCUT2D eigenvalue weighted by Crippen LogP contribution is -2.48. The third kappa shape index (κ3) is 3.19. The lowest BCUT2D eigenvalue weighted by molar-refractivity contribution is -0.136. The molecule has 0 saturated carbocycles. The monoisotopic (exact) mass is 273 g/mol. The summed E-state index contributed by atoms with van der Waals surface area (Å²) in [6.07, 6.45) is 4.17. The Morgan fingerprint density at radius 1 is 1.50 bits per heavy atom. The summed E-state index contributed by atoms with van der Waals surface area (Å²) in [5.74, 6) is 1.42. The Bertz CT molecular complexity index is 284. The summed E-state index contributed by atoms with van der Waals surface area (Å²) in [7, 11) is 0. The van der Waals surface area contributed by atoms with Crippen LogP contribution in [0, 0.1) is 0 Å². The molecule has 1 atom stereocenters. The van der Waals surface area contributed by atoms with Gasteiger partial charge in [-0.25, -0.2) is 0 Å². The predicted octanol–water partition coefficient (Wildman–Crippen LogP) is 1.27. The molecular formula is C13H23NO3S. The van der Waals surface area contributed by atoms with Gasteiger partial charge in [-0.05, 0) is 38.4 Å². The standard InChI is InChI=1S/C13H23NO3S/c1-13(5-2-10-18-13)12(16)14-6-3-11(4-7-14)17-9-8-15/h11,15H,2-10H2,1H3. The van der Waals surface area contributed by atoms with Gasteiger partial charge in [-0.1, -0.05) is 0 Å². The first kappa shape index (κ1) is 14.2. The number of ether oxygens (including phenoxy) is 1. The molecule has 2 aliphatic rings. The molecular weight excluding hydrogens is 250 g/mol. The number of aliphatic hydroxyl groups excluding tert-OH is 1. The number of rotatable bonds is 4. The quantitative estimate of drug-likeness (QED) is 0.838. The zero-order chi connectivity index (χ0) is 13.0. The lowest BCUT2D eigenvalue weighted by atomic mass is 10.0. The van der Waals surface area contributed by atoms with Crippen LogP contribution in [0.15, 0.2) is 0 Å². The van der Waals surface area contributed by atoms with Crippen LogP contribution in [-0.4, -0.2) is 58.8 Å². The van der Waals surface area contributed by atoms with Crippen molar-refractivity contribution in [2.24, 2.45) is 0 Å². The van der Waals surface area contributed by atoms with E-state index in [1.165, 1.54) is 0 Å². The second kappa shape index (κ2) is 6.26. The van der Waals surface area contributed by atoms with Gasteiger partial charge >= 0.3 is 0 Å². The SMILES string of the molecule is CC1(C(=O)N2CCC(OCCO)CC2)CCCS1. The fraction of sp³-hybridized carbons (Fsp3) is 0.923. The van der Waals surface area contributed by atoms with E-state index in [0.29, 0.717) is 12.5 Å². The Labute approximate surface area is 113 Å². The molecule has 2 aliphatic heterocycles. The van der Waals surface area contributed by atoms with Crippen molar-refractivity contribution in [3.63, 3.8) is 0 Å². The van der Waals surface area contributed by atoms with Crippen molar-refractivity contribution in [2.75, 3.05) is 32.1 Å². The average Bonchev–Trinajstić information content (AvgIpc) is 2.84. The van der Waals surface area contributed by atoms with Crippen molar-refractivity contribution in [1.82, 2.24) is 4.90 Å². The predicted molar refractivity (Wildman–Crippen MR) is 72.7 cm³/mol. The molecule has 2 fully saturated rings. The van der Waals surface area contributed by atoms with E-state index in [1.54, 1.807) is 11.8 Å². The zero-order valence-corrected chi connectivity index (χ0v) is 11.9. The Morgan fingerprint density at radius 3 is 2.78 bits per heavy atom. The second-order valence-corrected chi connectivity index (χ2v) is 6.87. The van der Waals surface area contributed by atoms with E-state index in [1.807, 2.05) is 4.90 Å². The molecule has 1 unspecified atom stereocenters. The van der Waals surface area contributed by atoms with Crippen molar-refractivity contribution < 1.29 is 14.6 Å². The van der Waals surface area contributed by atoms with E-state index in [0.717, 1.165) is 44.5 Å². The van der Waals surface area contributed by atoms with Crippen LogP contribution in [-0.2, 0) is 9.53 Å². The molecule has 0 aliphatic carbocycles. The highest BCUT2D eigenvalue weighted by Crippen LogP contribution is 2.39. The molecule has 1 N–H and O–H groups in total. The third-order valence-corrected chi connectivity index (χ3v) is 5.35. The molecule has 2 rings (SSSR count). The van der Waals surface area contributed by atoms with Crippen molar-refractivity contribution in [3.05, 3.63) is 0 Å². The van der Waals surface area contributed by atoms with Crippen LogP contribution in [0.1, 0.15) is 32.6 Å². The molecule has 0 spiro atoms. The topological polar surface area (TPSA) is 49.8 Å². The molecule has 104 valence electrons. The Kier molecular flexibility index (Phi) is 4.92. The number of nitrogens with zero attached hydrogens (tertiary/aromatic N) is 1. The summed E-state index contributed by atoms with van der Waals surface area (Å²) in [5, 5.41) is 8.72. The molecule has 0 aromatic rings. The number of likely N-dealkylation sites (tertiary alicyclic amines) is 1. The Balaban J connectivity index is 1.80. The van der Waals surface area contributed by atoms with E-state index < -0.39 is 0 Å². The Morgan fingerprint density at radius 2 is 2.22 bits per heavy atom. The first-order chi connectivity index (χ1) is 8.65. The van der Waals surface area contributed by atoms with Gasteiger partial charge in [0.25, 0.3) is 0 Å². The maximum atomic E-state index is 12.5. The number of thioether (sulfide) groups is 1. The van der Waals surface area contributed by atoms with E-state index in [2.05, 4.69) is 6.92 Å². The summed E-state index contributed by atoms with van der Waals surface area (Å²) in [6.45, 7) is 4.16. The second-order valence-electron chi connectivity index (χ2n) is 5.27. The highest BCUT2D eigenvalue weighted by Gasteiger charge is 2.40. The van der Waals surface area contributed by atoms with Crippen LogP contribution in [0.25, 0.3) is 0 Å². The first-order valence-electron chi connectivity index (χ1n) is 6.81.